The minimum atomic E-state index is -3.66. The Morgan fingerprint density at radius 2 is 2.47 bits per heavy atom. The quantitative estimate of drug-likeness (QED) is 0.399. The Morgan fingerprint density at radius 1 is 1.80 bits per heavy atom. The molecule has 1 aromatic heterocycles. The zero-order chi connectivity index (χ0) is 11.5. The summed E-state index contributed by atoms with van der Waals surface area (Å²) in [7, 11) is -3.66. The second-order valence-electron chi connectivity index (χ2n) is 2.95. The molecule has 0 aliphatic heterocycles. The van der Waals surface area contributed by atoms with E-state index in [0.29, 0.717) is 6.42 Å². The van der Waals surface area contributed by atoms with Crippen LogP contribution in [0.15, 0.2) is 17.6 Å². The van der Waals surface area contributed by atoms with Crippen LogP contribution in [0, 0.1) is 5.41 Å². The molecular formula is C7H13N5O2S. The van der Waals surface area contributed by atoms with Gasteiger partial charge in [-0.15, -0.1) is 0 Å². The lowest BCUT2D eigenvalue weighted by Gasteiger charge is -2.14. The molecule has 0 fully saturated rings. The number of amidine groups is 1. The van der Waals surface area contributed by atoms with Crippen molar-refractivity contribution in [3.05, 3.63) is 12.5 Å². The predicted molar refractivity (Wildman–Crippen MR) is 54.9 cm³/mol. The third-order valence-electron chi connectivity index (χ3n) is 1.84. The van der Waals surface area contributed by atoms with E-state index in [2.05, 4.69) is 14.7 Å². The largest absolute Gasteiger partial charge is 0.386 e. The van der Waals surface area contributed by atoms with E-state index >= 15 is 0 Å². The fraction of sp³-hybridized carbons (Fsp3) is 0.429. The van der Waals surface area contributed by atoms with Gasteiger partial charge in [0.1, 0.15) is 5.84 Å². The Kier molecular flexibility index (Phi) is 3.43. The Hall–Kier alpha value is -1.41. The molecule has 0 aliphatic carbocycles. The van der Waals surface area contributed by atoms with Crippen molar-refractivity contribution in [2.24, 2.45) is 5.73 Å². The summed E-state index contributed by atoms with van der Waals surface area (Å²) in [4.78, 5) is 6.08. The van der Waals surface area contributed by atoms with Crippen molar-refractivity contribution >= 4 is 15.9 Å². The molecule has 5 N–H and O–H groups in total. The zero-order valence-electron chi connectivity index (χ0n) is 8.19. The van der Waals surface area contributed by atoms with E-state index < -0.39 is 16.1 Å². The average molecular weight is 231 g/mol. The first-order valence-electron chi connectivity index (χ1n) is 4.32. The van der Waals surface area contributed by atoms with Crippen molar-refractivity contribution in [2.45, 2.75) is 24.4 Å². The first-order chi connectivity index (χ1) is 6.97. The normalized spacial score (nSPS) is 13.7. The van der Waals surface area contributed by atoms with Crippen LogP contribution in [0.2, 0.25) is 0 Å². The van der Waals surface area contributed by atoms with Crippen LogP contribution >= 0.6 is 0 Å². The van der Waals surface area contributed by atoms with Crippen LogP contribution in [0.25, 0.3) is 0 Å². The van der Waals surface area contributed by atoms with Crippen molar-refractivity contribution in [3.8, 4) is 0 Å². The van der Waals surface area contributed by atoms with Gasteiger partial charge in [0.15, 0.2) is 5.03 Å². The number of aromatic nitrogens is 2. The van der Waals surface area contributed by atoms with Gasteiger partial charge in [-0.1, -0.05) is 6.92 Å². The van der Waals surface area contributed by atoms with E-state index in [1.165, 1.54) is 12.5 Å². The van der Waals surface area contributed by atoms with E-state index in [4.69, 9.17) is 11.1 Å². The first kappa shape index (κ1) is 11.7. The minimum absolute atomic E-state index is 0.0396. The molecule has 15 heavy (non-hydrogen) atoms. The molecule has 84 valence electrons. The lowest BCUT2D eigenvalue weighted by molar-refractivity contribution is 0.568. The molecule has 0 saturated carbocycles. The second-order valence-corrected chi connectivity index (χ2v) is 4.64. The highest BCUT2D eigenvalue weighted by Crippen LogP contribution is 2.04. The third kappa shape index (κ3) is 2.77. The van der Waals surface area contributed by atoms with E-state index in [-0.39, 0.29) is 10.9 Å². The summed E-state index contributed by atoms with van der Waals surface area (Å²) in [6, 6.07) is -0.682. The highest BCUT2D eigenvalue weighted by atomic mass is 32.2. The summed E-state index contributed by atoms with van der Waals surface area (Å²) in [5.74, 6) is -0.208. The summed E-state index contributed by atoms with van der Waals surface area (Å²) < 4.78 is 25.6. The highest BCUT2D eigenvalue weighted by molar-refractivity contribution is 7.89. The van der Waals surface area contributed by atoms with Crippen LogP contribution in [0.5, 0.6) is 0 Å². The topological polar surface area (TPSA) is 125 Å². The molecule has 1 unspecified atom stereocenters. The number of nitrogens with one attached hydrogen (secondary N) is 3. The molecule has 1 heterocycles. The van der Waals surface area contributed by atoms with Crippen LogP contribution < -0.4 is 10.5 Å². The summed E-state index contributed by atoms with van der Waals surface area (Å²) in [5, 5.41) is 7.14. The molecule has 0 amide bonds. The standard InChI is InChI=1S/C7H13N5O2S/c1-2-5(7(8)9)12-15(13,14)6-3-10-4-11-6/h3-5,12H,2H2,1H3,(H3,8,9)(H,10,11). The maximum absolute atomic E-state index is 11.6. The number of sulfonamides is 1. The van der Waals surface area contributed by atoms with Gasteiger partial charge in [-0.2, -0.15) is 4.72 Å². The highest BCUT2D eigenvalue weighted by Gasteiger charge is 2.21. The average Bonchev–Trinajstić information content (AvgIpc) is 2.67. The summed E-state index contributed by atoms with van der Waals surface area (Å²) in [6.45, 7) is 1.74. The fourth-order valence-corrected chi connectivity index (χ4v) is 2.21. The minimum Gasteiger partial charge on any atom is -0.386 e. The van der Waals surface area contributed by atoms with Crippen LogP contribution in [0.4, 0.5) is 0 Å². The number of nitrogens with zero attached hydrogens (tertiary/aromatic N) is 1. The lowest BCUT2D eigenvalue weighted by Crippen LogP contribution is -2.43. The van der Waals surface area contributed by atoms with E-state index in [9.17, 15) is 8.42 Å². The van der Waals surface area contributed by atoms with Crippen LogP contribution in [-0.2, 0) is 10.0 Å². The monoisotopic (exact) mass is 231 g/mol. The van der Waals surface area contributed by atoms with Gasteiger partial charge in [-0.05, 0) is 6.42 Å². The Bertz CT molecular complexity index is 424. The van der Waals surface area contributed by atoms with Crippen molar-refractivity contribution in [2.75, 3.05) is 0 Å². The first-order valence-corrected chi connectivity index (χ1v) is 5.80. The number of hydrogen-bond donors (Lipinski definition) is 4. The van der Waals surface area contributed by atoms with Crippen LogP contribution in [-0.4, -0.2) is 30.3 Å². The number of nitrogens with two attached hydrogens (primary N) is 1. The van der Waals surface area contributed by atoms with E-state index in [1.807, 2.05) is 0 Å². The van der Waals surface area contributed by atoms with Gasteiger partial charge in [-0.3, -0.25) is 5.41 Å². The van der Waals surface area contributed by atoms with Crippen molar-refractivity contribution < 1.29 is 8.42 Å². The summed E-state index contributed by atoms with van der Waals surface area (Å²) in [6.07, 6.45) is 2.88. The fourth-order valence-electron chi connectivity index (χ4n) is 1.01. The molecule has 0 aliphatic rings. The third-order valence-corrected chi connectivity index (χ3v) is 3.24. The van der Waals surface area contributed by atoms with Crippen molar-refractivity contribution in [1.29, 1.82) is 5.41 Å². The van der Waals surface area contributed by atoms with Gasteiger partial charge in [0.05, 0.1) is 18.6 Å². The van der Waals surface area contributed by atoms with Crippen LogP contribution in [0.1, 0.15) is 13.3 Å². The zero-order valence-corrected chi connectivity index (χ0v) is 9.00. The van der Waals surface area contributed by atoms with Crippen molar-refractivity contribution in [3.63, 3.8) is 0 Å². The van der Waals surface area contributed by atoms with E-state index in [0.717, 1.165) is 0 Å². The maximum Gasteiger partial charge on any atom is 0.258 e. The summed E-state index contributed by atoms with van der Waals surface area (Å²) in [5.41, 5.74) is 5.24. The SMILES string of the molecule is CCC(NS(=O)(=O)c1cnc[nH]1)C(=N)N. The molecule has 0 aromatic carbocycles. The maximum atomic E-state index is 11.6. The molecular weight excluding hydrogens is 218 g/mol. The molecule has 1 rings (SSSR count). The van der Waals surface area contributed by atoms with Gasteiger partial charge in [0.25, 0.3) is 10.0 Å². The number of rotatable bonds is 5. The Morgan fingerprint density at radius 3 is 2.87 bits per heavy atom. The lowest BCUT2D eigenvalue weighted by atomic mass is 10.2. The second kappa shape index (κ2) is 4.41. The molecule has 7 nitrogen and oxygen atoms in total. The van der Waals surface area contributed by atoms with Gasteiger partial charge in [0, 0.05) is 0 Å². The van der Waals surface area contributed by atoms with E-state index in [1.54, 1.807) is 6.92 Å². The number of aromatic amines is 1. The number of imidazole rings is 1. The Labute approximate surface area is 87.7 Å². The molecule has 0 bridgehead atoms. The molecule has 0 saturated heterocycles. The molecule has 0 radical (unpaired) electrons. The number of hydrogen-bond acceptors (Lipinski definition) is 4. The molecule has 0 spiro atoms. The van der Waals surface area contributed by atoms with Crippen LogP contribution in [0.3, 0.4) is 0 Å². The predicted octanol–water partition coefficient (Wildman–Crippen LogP) is -0.597. The smallest absolute Gasteiger partial charge is 0.258 e. The van der Waals surface area contributed by atoms with Crippen molar-refractivity contribution in [1.82, 2.24) is 14.7 Å². The van der Waals surface area contributed by atoms with Gasteiger partial charge >= 0.3 is 0 Å². The van der Waals surface area contributed by atoms with Gasteiger partial charge in [-0.25, -0.2) is 13.4 Å². The molecule has 1 atom stereocenters. The molecule has 1 aromatic rings. The summed E-state index contributed by atoms with van der Waals surface area (Å²) >= 11 is 0. The number of H-pyrrole nitrogens is 1. The Balaban J connectivity index is 2.86. The van der Waals surface area contributed by atoms with Gasteiger partial charge in [0.2, 0.25) is 0 Å². The molecule has 8 heteroatoms. The van der Waals surface area contributed by atoms with Gasteiger partial charge < -0.3 is 10.7 Å².